The van der Waals surface area contributed by atoms with Gasteiger partial charge in [-0.1, -0.05) is 12.1 Å². The quantitative estimate of drug-likeness (QED) is 0.912. The van der Waals surface area contributed by atoms with E-state index in [1.54, 1.807) is 0 Å². The van der Waals surface area contributed by atoms with Crippen LogP contribution in [0.15, 0.2) is 47.4 Å². The first-order chi connectivity index (χ1) is 9.95. The van der Waals surface area contributed by atoms with Gasteiger partial charge in [-0.3, -0.25) is 9.52 Å². The number of rotatable bonds is 3. The number of hydrogen-bond acceptors (Lipinski definition) is 3. The Hall–Kier alpha value is -2.41. The lowest BCUT2D eigenvalue weighted by Crippen LogP contribution is -2.14. The van der Waals surface area contributed by atoms with E-state index in [9.17, 15) is 17.6 Å². The summed E-state index contributed by atoms with van der Waals surface area (Å²) in [5, 5.41) is 2.62. The number of amides is 1. The highest BCUT2D eigenvalue weighted by Crippen LogP contribution is 2.27. The van der Waals surface area contributed by atoms with Gasteiger partial charge in [0.2, 0.25) is 5.91 Å². The normalized spacial score (nSPS) is 13.7. The van der Waals surface area contributed by atoms with E-state index in [1.165, 1.54) is 42.5 Å². The average Bonchev–Trinajstić information content (AvgIpc) is 2.80. The lowest BCUT2D eigenvalue weighted by Gasteiger charge is -2.09. The minimum absolute atomic E-state index is 0.0130. The minimum Gasteiger partial charge on any atom is -0.326 e. The average molecular weight is 306 g/mol. The van der Waals surface area contributed by atoms with Crippen molar-refractivity contribution >= 4 is 27.3 Å². The van der Waals surface area contributed by atoms with Gasteiger partial charge in [-0.15, -0.1) is 0 Å². The Morgan fingerprint density at radius 1 is 1.14 bits per heavy atom. The van der Waals surface area contributed by atoms with Crippen LogP contribution in [-0.4, -0.2) is 14.3 Å². The van der Waals surface area contributed by atoms with Gasteiger partial charge in [0.1, 0.15) is 5.82 Å². The molecule has 1 aliphatic rings. The largest absolute Gasteiger partial charge is 0.326 e. The first-order valence-electron chi connectivity index (χ1n) is 6.16. The van der Waals surface area contributed by atoms with Gasteiger partial charge < -0.3 is 5.32 Å². The standard InChI is InChI=1S/C14H11FN2O3S/c15-11-3-1-2-4-13(11)17-21(19,20)10-5-6-12-9(7-10)8-14(18)16-12/h1-7,17H,8H2,(H,16,18). The fourth-order valence-corrected chi connectivity index (χ4v) is 3.24. The molecule has 0 aromatic heterocycles. The van der Waals surface area contributed by atoms with Gasteiger partial charge in [-0.05, 0) is 35.9 Å². The summed E-state index contributed by atoms with van der Waals surface area (Å²) in [5.74, 6) is -0.833. The highest BCUT2D eigenvalue weighted by Gasteiger charge is 2.22. The Kier molecular flexibility index (Phi) is 3.13. The van der Waals surface area contributed by atoms with E-state index in [0.29, 0.717) is 11.3 Å². The van der Waals surface area contributed by atoms with E-state index in [2.05, 4.69) is 10.0 Å². The van der Waals surface area contributed by atoms with Crippen LogP contribution in [0.2, 0.25) is 0 Å². The Bertz CT molecular complexity index is 834. The number of carbonyl (C=O) groups is 1. The van der Waals surface area contributed by atoms with Crippen molar-refractivity contribution in [3.63, 3.8) is 0 Å². The second-order valence-electron chi connectivity index (χ2n) is 4.63. The number of benzene rings is 2. The molecule has 0 radical (unpaired) electrons. The molecule has 0 atom stereocenters. The molecule has 0 bridgehead atoms. The summed E-state index contributed by atoms with van der Waals surface area (Å²) >= 11 is 0. The molecule has 2 aromatic rings. The third kappa shape index (κ3) is 2.59. The lowest BCUT2D eigenvalue weighted by atomic mass is 10.2. The van der Waals surface area contributed by atoms with Crippen molar-refractivity contribution in [2.75, 3.05) is 10.0 Å². The number of fused-ring (bicyclic) bond motifs is 1. The van der Waals surface area contributed by atoms with Gasteiger partial charge in [-0.2, -0.15) is 0 Å². The maximum absolute atomic E-state index is 13.5. The Balaban J connectivity index is 1.95. The van der Waals surface area contributed by atoms with Crippen LogP contribution in [0.5, 0.6) is 0 Å². The number of hydrogen-bond donors (Lipinski definition) is 2. The first-order valence-corrected chi connectivity index (χ1v) is 7.64. The molecule has 3 rings (SSSR count). The van der Waals surface area contributed by atoms with E-state index < -0.39 is 15.8 Å². The van der Waals surface area contributed by atoms with Gasteiger partial charge in [-0.25, -0.2) is 12.8 Å². The van der Waals surface area contributed by atoms with Crippen molar-refractivity contribution < 1.29 is 17.6 Å². The van der Waals surface area contributed by atoms with Crippen LogP contribution in [0.4, 0.5) is 15.8 Å². The van der Waals surface area contributed by atoms with Crippen LogP contribution in [0.1, 0.15) is 5.56 Å². The molecule has 2 aromatic carbocycles. The molecule has 0 unspecified atom stereocenters. The number of para-hydroxylation sites is 1. The number of halogens is 1. The summed E-state index contributed by atoms with van der Waals surface area (Å²) in [5.41, 5.74) is 1.09. The van der Waals surface area contributed by atoms with Crippen LogP contribution in [-0.2, 0) is 21.2 Å². The SMILES string of the molecule is O=C1Cc2cc(S(=O)(=O)Nc3ccccc3F)ccc2N1. The summed E-state index contributed by atoms with van der Waals surface area (Å²) < 4.78 is 40.2. The zero-order valence-corrected chi connectivity index (χ0v) is 11.6. The third-order valence-corrected chi connectivity index (χ3v) is 4.49. The molecule has 0 fully saturated rings. The minimum atomic E-state index is -3.90. The van der Waals surface area contributed by atoms with Crippen LogP contribution in [0.3, 0.4) is 0 Å². The molecule has 0 saturated heterocycles. The Morgan fingerprint density at radius 2 is 1.90 bits per heavy atom. The predicted octanol–water partition coefficient (Wildman–Crippen LogP) is 2.12. The highest BCUT2D eigenvalue weighted by atomic mass is 32.2. The van der Waals surface area contributed by atoms with Crippen LogP contribution < -0.4 is 10.0 Å². The van der Waals surface area contributed by atoms with Crippen LogP contribution in [0.25, 0.3) is 0 Å². The van der Waals surface area contributed by atoms with Gasteiger partial charge in [0.25, 0.3) is 10.0 Å². The topological polar surface area (TPSA) is 75.3 Å². The molecule has 1 aliphatic heterocycles. The smallest absolute Gasteiger partial charge is 0.261 e. The molecule has 2 N–H and O–H groups in total. The highest BCUT2D eigenvalue weighted by molar-refractivity contribution is 7.92. The lowest BCUT2D eigenvalue weighted by molar-refractivity contribution is -0.115. The van der Waals surface area contributed by atoms with Crippen molar-refractivity contribution in [3.05, 3.63) is 53.8 Å². The number of anilines is 2. The Morgan fingerprint density at radius 3 is 2.67 bits per heavy atom. The summed E-state index contributed by atoms with van der Waals surface area (Å²) in [6.07, 6.45) is 0.137. The third-order valence-electron chi connectivity index (χ3n) is 3.13. The van der Waals surface area contributed by atoms with Crippen molar-refractivity contribution in [2.45, 2.75) is 11.3 Å². The molecule has 1 heterocycles. The molecular formula is C14H11FN2O3S. The molecule has 0 spiro atoms. The van der Waals surface area contributed by atoms with Gasteiger partial charge in [0, 0.05) is 5.69 Å². The molecule has 5 nitrogen and oxygen atoms in total. The molecule has 21 heavy (non-hydrogen) atoms. The molecule has 0 saturated carbocycles. The number of nitrogens with one attached hydrogen (secondary N) is 2. The van der Waals surface area contributed by atoms with Gasteiger partial charge in [0.15, 0.2) is 0 Å². The van der Waals surface area contributed by atoms with Crippen LogP contribution in [0, 0.1) is 5.82 Å². The summed E-state index contributed by atoms with van der Waals surface area (Å²) in [4.78, 5) is 11.3. The molecule has 0 aliphatic carbocycles. The molecular weight excluding hydrogens is 295 g/mol. The number of carbonyl (C=O) groups excluding carboxylic acids is 1. The van der Waals surface area contributed by atoms with Gasteiger partial charge >= 0.3 is 0 Å². The van der Waals surface area contributed by atoms with Gasteiger partial charge in [0.05, 0.1) is 17.0 Å². The van der Waals surface area contributed by atoms with E-state index >= 15 is 0 Å². The van der Waals surface area contributed by atoms with E-state index in [0.717, 1.165) is 0 Å². The fourth-order valence-electron chi connectivity index (χ4n) is 2.12. The number of sulfonamides is 1. The summed E-state index contributed by atoms with van der Waals surface area (Å²) in [6, 6.07) is 9.82. The van der Waals surface area contributed by atoms with Crippen molar-refractivity contribution in [2.24, 2.45) is 0 Å². The molecule has 108 valence electrons. The predicted molar refractivity (Wildman–Crippen MR) is 76.0 cm³/mol. The van der Waals surface area contributed by atoms with Crippen LogP contribution >= 0.6 is 0 Å². The maximum atomic E-state index is 13.5. The first kappa shape index (κ1) is 13.6. The monoisotopic (exact) mass is 306 g/mol. The molecule has 7 heteroatoms. The zero-order valence-electron chi connectivity index (χ0n) is 10.8. The molecule has 1 amide bonds. The second kappa shape index (κ2) is 4.85. The maximum Gasteiger partial charge on any atom is 0.261 e. The fraction of sp³-hybridized carbons (Fsp3) is 0.0714. The summed E-state index contributed by atoms with van der Waals surface area (Å²) in [6.45, 7) is 0. The second-order valence-corrected chi connectivity index (χ2v) is 6.31. The van der Waals surface area contributed by atoms with E-state index in [-0.39, 0.29) is 22.9 Å². The zero-order chi connectivity index (χ0) is 15.0. The van der Waals surface area contributed by atoms with Crippen molar-refractivity contribution in [3.8, 4) is 0 Å². The van der Waals surface area contributed by atoms with E-state index in [4.69, 9.17) is 0 Å². The van der Waals surface area contributed by atoms with Crippen molar-refractivity contribution in [1.82, 2.24) is 0 Å². The summed E-state index contributed by atoms with van der Waals surface area (Å²) in [7, 11) is -3.90. The van der Waals surface area contributed by atoms with Crippen molar-refractivity contribution in [1.29, 1.82) is 0 Å². The Labute approximate surface area is 120 Å². The van der Waals surface area contributed by atoms with E-state index in [1.807, 2.05) is 0 Å².